The van der Waals surface area contributed by atoms with Gasteiger partial charge >= 0.3 is 0 Å². The van der Waals surface area contributed by atoms with Gasteiger partial charge < -0.3 is 11.1 Å². The van der Waals surface area contributed by atoms with Crippen molar-refractivity contribution in [2.24, 2.45) is 5.73 Å². The summed E-state index contributed by atoms with van der Waals surface area (Å²) in [4.78, 5) is 22.1. The molecule has 0 aliphatic carbocycles. The van der Waals surface area contributed by atoms with Crippen molar-refractivity contribution < 1.29 is 9.59 Å². The topological polar surface area (TPSA) is 72.2 Å². The maximum Gasteiger partial charge on any atom is 0.237 e. The van der Waals surface area contributed by atoms with Crippen LogP contribution in [-0.4, -0.2) is 24.3 Å². The highest BCUT2D eigenvalue weighted by Crippen LogP contribution is 2.01. The molecule has 0 aliphatic heterocycles. The summed E-state index contributed by atoms with van der Waals surface area (Å²) in [7, 11) is 0. The number of hydrogen-bond donors (Lipinski definition) is 2. The van der Waals surface area contributed by atoms with E-state index in [1.807, 2.05) is 66.7 Å². The number of benzene rings is 2. The first-order chi connectivity index (χ1) is 10.6. The van der Waals surface area contributed by atoms with Crippen molar-refractivity contribution in [3.8, 4) is 0 Å². The number of amides is 1. The second kappa shape index (κ2) is 10.3. The third-order valence-electron chi connectivity index (χ3n) is 2.81. The Morgan fingerprint density at radius 2 is 1.41 bits per heavy atom. The quantitative estimate of drug-likeness (QED) is 0.886. The molecule has 3 N–H and O–H groups in total. The molecule has 1 atom stereocenters. The second-order valence-corrected chi connectivity index (χ2v) is 4.87. The van der Waals surface area contributed by atoms with Crippen LogP contribution in [0, 0.1) is 0 Å². The maximum atomic E-state index is 11.5. The summed E-state index contributed by atoms with van der Waals surface area (Å²) in [5, 5.41) is 2.49. The Hall–Kier alpha value is -2.46. The van der Waals surface area contributed by atoms with Gasteiger partial charge in [0.15, 0.2) is 0 Å². The molecule has 2 rings (SSSR count). The standard InChI is InChI=1S/C12H16N2O2.C6H6/c1-9(15)8-14-12(16)11(13)7-10-5-3-2-4-6-10;1-2-4-6-5-3-1/h2-6,11H,7-8,13H2,1H3,(H,14,16);1-6H. The van der Waals surface area contributed by atoms with Gasteiger partial charge in [0, 0.05) is 0 Å². The fourth-order valence-corrected chi connectivity index (χ4v) is 1.69. The predicted molar refractivity (Wildman–Crippen MR) is 88.3 cm³/mol. The summed E-state index contributed by atoms with van der Waals surface area (Å²) in [6, 6.07) is 20.9. The summed E-state index contributed by atoms with van der Waals surface area (Å²) in [5.74, 6) is -0.376. The minimum absolute atomic E-state index is 0.0430. The number of nitrogens with one attached hydrogen (secondary N) is 1. The van der Waals surface area contributed by atoms with Gasteiger partial charge in [-0.25, -0.2) is 0 Å². The fourth-order valence-electron chi connectivity index (χ4n) is 1.69. The molecule has 0 aromatic heterocycles. The molecule has 0 aliphatic rings. The first kappa shape index (κ1) is 17.6. The Morgan fingerprint density at radius 3 is 1.86 bits per heavy atom. The van der Waals surface area contributed by atoms with Gasteiger partial charge in [-0.2, -0.15) is 0 Å². The minimum atomic E-state index is -0.609. The Balaban J connectivity index is 0.000000335. The Morgan fingerprint density at radius 1 is 0.955 bits per heavy atom. The third kappa shape index (κ3) is 7.97. The number of carbonyl (C=O) groups is 2. The van der Waals surface area contributed by atoms with Crippen LogP contribution in [0.1, 0.15) is 12.5 Å². The van der Waals surface area contributed by atoms with E-state index in [1.54, 1.807) is 0 Å². The maximum absolute atomic E-state index is 11.5. The van der Waals surface area contributed by atoms with E-state index in [1.165, 1.54) is 6.92 Å². The monoisotopic (exact) mass is 298 g/mol. The average Bonchev–Trinajstić information content (AvgIpc) is 2.55. The van der Waals surface area contributed by atoms with E-state index in [0.717, 1.165) is 5.56 Å². The Labute approximate surface area is 131 Å². The van der Waals surface area contributed by atoms with Crippen LogP contribution < -0.4 is 11.1 Å². The highest BCUT2D eigenvalue weighted by molar-refractivity contribution is 5.87. The zero-order valence-electron chi connectivity index (χ0n) is 12.7. The molecule has 2 aromatic rings. The van der Waals surface area contributed by atoms with Crippen molar-refractivity contribution in [2.45, 2.75) is 19.4 Å². The van der Waals surface area contributed by atoms with Crippen LogP contribution in [0.5, 0.6) is 0 Å². The van der Waals surface area contributed by atoms with Crippen LogP contribution >= 0.6 is 0 Å². The molecule has 0 radical (unpaired) electrons. The van der Waals surface area contributed by atoms with E-state index in [-0.39, 0.29) is 18.2 Å². The van der Waals surface area contributed by atoms with Gasteiger partial charge in [-0.3, -0.25) is 9.59 Å². The molecule has 116 valence electrons. The molecular formula is C18H22N2O2. The van der Waals surface area contributed by atoms with E-state index in [2.05, 4.69) is 5.32 Å². The van der Waals surface area contributed by atoms with Crippen LogP contribution in [0.15, 0.2) is 66.7 Å². The Kier molecular flexibility index (Phi) is 8.23. The van der Waals surface area contributed by atoms with E-state index in [9.17, 15) is 9.59 Å². The van der Waals surface area contributed by atoms with Gasteiger partial charge in [0.25, 0.3) is 0 Å². The largest absolute Gasteiger partial charge is 0.348 e. The van der Waals surface area contributed by atoms with E-state index in [0.29, 0.717) is 6.42 Å². The smallest absolute Gasteiger partial charge is 0.237 e. The van der Waals surface area contributed by atoms with E-state index < -0.39 is 6.04 Å². The number of nitrogens with two attached hydrogens (primary N) is 1. The zero-order chi connectivity index (χ0) is 16.2. The molecule has 1 unspecified atom stereocenters. The first-order valence-electron chi connectivity index (χ1n) is 7.16. The molecule has 4 nitrogen and oxygen atoms in total. The predicted octanol–water partition coefficient (Wildman–Crippen LogP) is 1.95. The highest BCUT2D eigenvalue weighted by atomic mass is 16.2. The van der Waals surface area contributed by atoms with Crippen molar-refractivity contribution in [1.82, 2.24) is 5.32 Å². The lowest BCUT2D eigenvalue weighted by Crippen LogP contribution is -2.43. The van der Waals surface area contributed by atoms with E-state index >= 15 is 0 Å². The highest BCUT2D eigenvalue weighted by Gasteiger charge is 2.13. The molecule has 0 saturated heterocycles. The van der Waals surface area contributed by atoms with Gasteiger partial charge in [-0.05, 0) is 18.9 Å². The number of rotatable bonds is 5. The molecule has 1 amide bonds. The summed E-state index contributed by atoms with van der Waals surface area (Å²) < 4.78 is 0. The summed E-state index contributed by atoms with van der Waals surface area (Å²) >= 11 is 0. The normalized spacial score (nSPS) is 10.8. The van der Waals surface area contributed by atoms with Gasteiger partial charge in [0.2, 0.25) is 5.91 Å². The lowest BCUT2D eigenvalue weighted by atomic mass is 10.1. The number of hydrogen-bond acceptors (Lipinski definition) is 3. The third-order valence-corrected chi connectivity index (χ3v) is 2.81. The lowest BCUT2D eigenvalue weighted by molar-refractivity contribution is -0.125. The van der Waals surface area contributed by atoms with Crippen molar-refractivity contribution in [2.75, 3.05) is 6.54 Å². The number of carbonyl (C=O) groups excluding carboxylic acids is 2. The van der Waals surface area contributed by atoms with Crippen LogP contribution in [0.25, 0.3) is 0 Å². The molecule has 0 heterocycles. The van der Waals surface area contributed by atoms with E-state index in [4.69, 9.17) is 5.73 Å². The van der Waals surface area contributed by atoms with Crippen molar-refractivity contribution in [3.05, 3.63) is 72.3 Å². The average molecular weight is 298 g/mol. The first-order valence-corrected chi connectivity index (χ1v) is 7.16. The Bertz CT molecular complexity index is 529. The van der Waals surface area contributed by atoms with Crippen LogP contribution in [-0.2, 0) is 16.0 Å². The molecule has 0 spiro atoms. The lowest BCUT2D eigenvalue weighted by Gasteiger charge is -2.11. The SMILES string of the molecule is CC(=O)CNC(=O)C(N)Cc1ccccc1.c1ccccc1. The number of ketones is 1. The van der Waals surface area contributed by atoms with Gasteiger partial charge in [0.1, 0.15) is 5.78 Å². The molecular weight excluding hydrogens is 276 g/mol. The zero-order valence-corrected chi connectivity index (χ0v) is 12.7. The molecule has 0 fully saturated rings. The van der Waals surface area contributed by atoms with Crippen molar-refractivity contribution in [3.63, 3.8) is 0 Å². The fraction of sp³-hybridized carbons (Fsp3) is 0.222. The summed E-state index contributed by atoms with van der Waals surface area (Å²) in [6.07, 6.45) is 0.477. The van der Waals surface area contributed by atoms with Gasteiger partial charge in [-0.1, -0.05) is 66.7 Å². The summed E-state index contributed by atoms with van der Waals surface area (Å²) in [5.41, 5.74) is 6.72. The van der Waals surface area contributed by atoms with Crippen LogP contribution in [0.4, 0.5) is 0 Å². The van der Waals surface area contributed by atoms with Crippen LogP contribution in [0.2, 0.25) is 0 Å². The van der Waals surface area contributed by atoms with Crippen molar-refractivity contribution in [1.29, 1.82) is 0 Å². The molecule has 22 heavy (non-hydrogen) atoms. The molecule has 2 aromatic carbocycles. The number of Topliss-reactive ketones (excluding diaryl/α,β-unsaturated/α-hetero) is 1. The molecule has 0 bridgehead atoms. The molecule has 0 saturated carbocycles. The summed E-state index contributed by atoms with van der Waals surface area (Å²) in [6.45, 7) is 1.46. The van der Waals surface area contributed by atoms with Crippen LogP contribution in [0.3, 0.4) is 0 Å². The van der Waals surface area contributed by atoms with Gasteiger partial charge in [-0.15, -0.1) is 0 Å². The van der Waals surface area contributed by atoms with Crippen molar-refractivity contribution >= 4 is 11.7 Å². The second-order valence-electron chi connectivity index (χ2n) is 4.87. The van der Waals surface area contributed by atoms with Gasteiger partial charge in [0.05, 0.1) is 12.6 Å². The minimum Gasteiger partial charge on any atom is -0.348 e. The molecule has 4 heteroatoms.